The van der Waals surface area contributed by atoms with Crippen LogP contribution in [0.1, 0.15) is 31.3 Å². The Labute approximate surface area is 159 Å². The molecule has 1 aromatic carbocycles. The van der Waals surface area contributed by atoms with Crippen molar-refractivity contribution in [2.24, 2.45) is 0 Å². The van der Waals surface area contributed by atoms with E-state index in [0.29, 0.717) is 31.0 Å². The van der Waals surface area contributed by atoms with Crippen molar-refractivity contribution >= 4 is 23.0 Å². The minimum Gasteiger partial charge on any atom is -0.451 e. The molecule has 1 N–H and O–H groups in total. The highest BCUT2D eigenvalue weighted by Crippen LogP contribution is 2.18. The van der Waals surface area contributed by atoms with Crippen LogP contribution < -0.4 is 5.32 Å². The van der Waals surface area contributed by atoms with E-state index >= 15 is 0 Å². The van der Waals surface area contributed by atoms with Crippen LogP contribution in [-0.2, 0) is 4.74 Å². The molecule has 2 aromatic rings. The predicted molar refractivity (Wildman–Crippen MR) is 103 cm³/mol. The number of furan rings is 1. The normalized spacial score (nSPS) is 15.7. The quantitative estimate of drug-likeness (QED) is 0.892. The summed E-state index contributed by atoms with van der Waals surface area (Å²) in [7, 11) is 0. The molecule has 1 aliphatic rings. The monoisotopic (exact) mass is 373 g/mol. The van der Waals surface area contributed by atoms with Crippen molar-refractivity contribution in [1.82, 2.24) is 15.1 Å². The van der Waals surface area contributed by atoms with Gasteiger partial charge in [-0.05, 0) is 32.9 Å². The van der Waals surface area contributed by atoms with Gasteiger partial charge in [0.2, 0.25) is 0 Å². The summed E-state index contributed by atoms with van der Waals surface area (Å²) in [5.74, 6) is 0.115. The molecule has 1 saturated heterocycles. The van der Waals surface area contributed by atoms with Gasteiger partial charge in [-0.1, -0.05) is 18.2 Å². The first kappa shape index (κ1) is 19.2. The SMILES string of the molecule is CC(C)(C)OC(=O)N1CCN(CCNC(=O)c2cc3ccccc3o2)CC1. The summed E-state index contributed by atoms with van der Waals surface area (Å²) >= 11 is 0. The highest BCUT2D eigenvalue weighted by atomic mass is 16.6. The van der Waals surface area contributed by atoms with E-state index in [2.05, 4.69) is 10.2 Å². The van der Waals surface area contributed by atoms with Crippen molar-refractivity contribution in [2.75, 3.05) is 39.3 Å². The number of nitrogens with one attached hydrogen (secondary N) is 1. The van der Waals surface area contributed by atoms with Crippen LogP contribution in [0.25, 0.3) is 11.0 Å². The molecule has 1 aromatic heterocycles. The van der Waals surface area contributed by atoms with Crippen LogP contribution in [0.5, 0.6) is 0 Å². The van der Waals surface area contributed by atoms with Gasteiger partial charge in [0.15, 0.2) is 5.76 Å². The lowest BCUT2D eigenvalue weighted by Crippen LogP contribution is -2.51. The van der Waals surface area contributed by atoms with E-state index in [-0.39, 0.29) is 12.0 Å². The Morgan fingerprint density at radius 3 is 2.52 bits per heavy atom. The average molecular weight is 373 g/mol. The third kappa shape index (κ3) is 5.23. The Kier molecular flexibility index (Phi) is 5.70. The minimum atomic E-state index is -0.477. The van der Waals surface area contributed by atoms with E-state index in [4.69, 9.17) is 9.15 Å². The van der Waals surface area contributed by atoms with E-state index in [1.165, 1.54) is 0 Å². The van der Waals surface area contributed by atoms with Crippen molar-refractivity contribution in [3.8, 4) is 0 Å². The zero-order valence-electron chi connectivity index (χ0n) is 16.2. The van der Waals surface area contributed by atoms with Crippen LogP contribution >= 0.6 is 0 Å². The van der Waals surface area contributed by atoms with E-state index in [0.717, 1.165) is 25.0 Å². The highest BCUT2D eigenvalue weighted by molar-refractivity contribution is 5.96. The molecule has 0 radical (unpaired) electrons. The number of fused-ring (bicyclic) bond motifs is 1. The number of benzene rings is 1. The molecule has 0 spiro atoms. The van der Waals surface area contributed by atoms with Crippen molar-refractivity contribution in [3.05, 3.63) is 36.1 Å². The second-order valence-corrected chi connectivity index (χ2v) is 7.71. The topological polar surface area (TPSA) is 75.0 Å². The zero-order chi connectivity index (χ0) is 19.4. The molecule has 0 saturated carbocycles. The third-order valence-corrected chi connectivity index (χ3v) is 4.39. The van der Waals surface area contributed by atoms with E-state index in [1.54, 1.807) is 11.0 Å². The fraction of sp³-hybridized carbons (Fsp3) is 0.500. The van der Waals surface area contributed by atoms with Crippen LogP contribution in [0.4, 0.5) is 4.79 Å². The molecule has 3 rings (SSSR count). The van der Waals surface area contributed by atoms with Crippen LogP contribution in [0.3, 0.4) is 0 Å². The highest BCUT2D eigenvalue weighted by Gasteiger charge is 2.25. The molecule has 0 bridgehead atoms. The van der Waals surface area contributed by atoms with Crippen LogP contribution in [0, 0.1) is 0 Å². The standard InChI is InChI=1S/C20H27N3O4/c1-20(2,3)27-19(25)23-12-10-22(11-13-23)9-8-21-18(24)17-14-15-6-4-5-7-16(15)26-17/h4-7,14H,8-13H2,1-3H3,(H,21,24). The molecule has 1 fully saturated rings. The summed E-state index contributed by atoms with van der Waals surface area (Å²) in [5.41, 5.74) is 0.232. The Morgan fingerprint density at radius 1 is 1.15 bits per heavy atom. The molecule has 146 valence electrons. The van der Waals surface area contributed by atoms with Gasteiger partial charge < -0.3 is 19.4 Å². The van der Waals surface area contributed by atoms with E-state index in [1.807, 2.05) is 45.0 Å². The summed E-state index contributed by atoms with van der Waals surface area (Å²) in [6, 6.07) is 9.31. The van der Waals surface area contributed by atoms with Gasteiger partial charge in [0.1, 0.15) is 11.2 Å². The molecule has 0 atom stereocenters. The Balaban J connectivity index is 1.40. The first-order chi connectivity index (χ1) is 12.8. The molecule has 1 aliphatic heterocycles. The molecule has 0 unspecified atom stereocenters. The number of carbonyl (C=O) groups is 2. The van der Waals surface area contributed by atoms with Crippen molar-refractivity contribution in [3.63, 3.8) is 0 Å². The fourth-order valence-electron chi connectivity index (χ4n) is 2.99. The number of hydrogen-bond donors (Lipinski definition) is 1. The third-order valence-electron chi connectivity index (χ3n) is 4.39. The van der Waals surface area contributed by atoms with Gasteiger partial charge in [-0.15, -0.1) is 0 Å². The number of nitrogens with zero attached hydrogens (tertiary/aromatic N) is 2. The van der Waals surface area contributed by atoms with E-state index < -0.39 is 5.60 Å². The molecular weight excluding hydrogens is 346 g/mol. The predicted octanol–water partition coefficient (Wildman–Crippen LogP) is 2.72. The number of hydrogen-bond acceptors (Lipinski definition) is 5. The molecule has 2 amide bonds. The maximum absolute atomic E-state index is 12.2. The average Bonchev–Trinajstić information content (AvgIpc) is 3.05. The second kappa shape index (κ2) is 8.00. The lowest BCUT2D eigenvalue weighted by molar-refractivity contribution is 0.0147. The molecule has 0 aliphatic carbocycles. The molecule has 7 nitrogen and oxygen atoms in total. The summed E-state index contributed by atoms with van der Waals surface area (Å²) < 4.78 is 11.0. The lowest BCUT2D eigenvalue weighted by atomic mass is 10.2. The maximum atomic E-state index is 12.2. The Morgan fingerprint density at radius 2 is 1.85 bits per heavy atom. The first-order valence-electron chi connectivity index (χ1n) is 9.29. The fourth-order valence-corrected chi connectivity index (χ4v) is 2.99. The Hall–Kier alpha value is -2.54. The molecule has 2 heterocycles. The van der Waals surface area contributed by atoms with Gasteiger partial charge in [-0.3, -0.25) is 9.69 Å². The van der Waals surface area contributed by atoms with Gasteiger partial charge in [0.25, 0.3) is 5.91 Å². The number of piperazine rings is 1. The van der Waals surface area contributed by atoms with Crippen molar-refractivity contribution in [2.45, 2.75) is 26.4 Å². The first-order valence-corrected chi connectivity index (χ1v) is 9.29. The number of ether oxygens (including phenoxy) is 1. The van der Waals surface area contributed by atoms with Gasteiger partial charge in [0, 0.05) is 44.7 Å². The van der Waals surface area contributed by atoms with Gasteiger partial charge >= 0.3 is 6.09 Å². The van der Waals surface area contributed by atoms with Crippen LogP contribution in [0.15, 0.2) is 34.7 Å². The van der Waals surface area contributed by atoms with Gasteiger partial charge in [-0.25, -0.2) is 4.79 Å². The van der Waals surface area contributed by atoms with Crippen molar-refractivity contribution < 1.29 is 18.7 Å². The molecular formula is C20H27N3O4. The Bertz CT molecular complexity index is 768. The van der Waals surface area contributed by atoms with Crippen LogP contribution in [-0.4, -0.2) is 66.7 Å². The number of rotatable bonds is 4. The molecule has 27 heavy (non-hydrogen) atoms. The smallest absolute Gasteiger partial charge is 0.410 e. The maximum Gasteiger partial charge on any atom is 0.410 e. The summed E-state index contributed by atoms with van der Waals surface area (Å²) in [6.45, 7) is 9.65. The summed E-state index contributed by atoms with van der Waals surface area (Å²) in [6.07, 6.45) is -0.264. The van der Waals surface area contributed by atoms with Gasteiger partial charge in [-0.2, -0.15) is 0 Å². The van der Waals surface area contributed by atoms with E-state index in [9.17, 15) is 9.59 Å². The second-order valence-electron chi connectivity index (χ2n) is 7.71. The molecule has 7 heteroatoms. The minimum absolute atomic E-state index is 0.210. The lowest BCUT2D eigenvalue weighted by Gasteiger charge is -2.35. The summed E-state index contributed by atoms with van der Waals surface area (Å²) in [4.78, 5) is 28.3. The largest absolute Gasteiger partial charge is 0.451 e. The number of amides is 2. The van der Waals surface area contributed by atoms with Crippen molar-refractivity contribution in [1.29, 1.82) is 0 Å². The number of para-hydroxylation sites is 1. The van der Waals surface area contributed by atoms with Gasteiger partial charge in [0.05, 0.1) is 0 Å². The zero-order valence-corrected chi connectivity index (χ0v) is 16.2. The number of carbonyl (C=O) groups excluding carboxylic acids is 2. The summed E-state index contributed by atoms with van der Waals surface area (Å²) in [5, 5.41) is 3.81. The van der Waals surface area contributed by atoms with Crippen LogP contribution in [0.2, 0.25) is 0 Å².